The summed E-state index contributed by atoms with van der Waals surface area (Å²) in [4.78, 5) is 12.3. The minimum atomic E-state index is -0.175. The van der Waals surface area contributed by atoms with Crippen LogP contribution in [-0.4, -0.2) is 16.1 Å². The van der Waals surface area contributed by atoms with E-state index in [9.17, 15) is 4.79 Å². The molecule has 0 saturated carbocycles. The van der Waals surface area contributed by atoms with Crippen LogP contribution < -0.4 is 5.32 Å². The van der Waals surface area contributed by atoms with Gasteiger partial charge >= 0.3 is 0 Å². The highest BCUT2D eigenvalue weighted by molar-refractivity contribution is 6.05. The highest BCUT2D eigenvalue weighted by Gasteiger charge is 2.13. The lowest BCUT2D eigenvalue weighted by Gasteiger charge is -2.06. The molecule has 0 fully saturated rings. The van der Waals surface area contributed by atoms with E-state index >= 15 is 0 Å². The van der Waals surface area contributed by atoms with Crippen LogP contribution >= 0.6 is 0 Å². The number of nitrogens with one attached hydrogen (secondary N) is 2. The number of hydrogen-bond acceptors (Lipinski definition) is 3. The Balaban J connectivity index is 1.84. The van der Waals surface area contributed by atoms with E-state index in [4.69, 9.17) is 4.42 Å². The normalized spacial score (nSPS) is 10.6. The molecule has 1 amide bonds. The maximum atomic E-state index is 12.3. The molecule has 2 aromatic heterocycles. The van der Waals surface area contributed by atoms with E-state index in [0.29, 0.717) is 11.3 Å². The van der Waals surface area contributed by atoms with Crippen molar-refractivity contribution in [2.45, 2.75) is 13.8 Å². The fourth-order valence-corrected chi connectivity index (χ4v) is 2.24. The van der Waals surface area contributed by atoms with Crippen molar-refractivity contribution in [1.82, 2.24) is 10.2 Å². The number of H-pyrrole nitrogens is 1. The van der Waals surface area contributed by atoms with Crippen LogP contribution in [-0.2, 0) is 0 Å². The molecule has 0 saturated heterocycles. The molecule has 3 rings (SSSR count). The number of aromatic nitrogens is 2. The van der Waals surface area contributed by atoms with Gasteiger partial charge in [0.1, 0.15) is 11.5 Å². The van der Waals surface area contributed by atoms with Gasteiger partial charge in [-0.2, -0.15) is 5.10 Å². The van der Waals surface area contributed by atoms with Crippen LogP contribution in [0.1, 0.15) is 21.9 Å². The highest BCUT2D eigenvalue weighted by Crippen LogP contribution is 2.21. The van der Waals surface area contributed by atoms with Gasteiger partial charge in [0, 0.05) is 17.4 Å². The average molecular weight is 281 g/mol. The number of benzene rings is 1. The number of carbonyl (C=O) groups is 1. The summed E-state index contributed by atoms with van der Waals surface area (Å²) in [6.45, 7) is 3.60. The van der Waals surface area contributed by atoms with Crippen molar-refractivity contribution in [3.63, 3.8) is 0 Å². The molecule has 0 aliphatic rings. The lowest BCUT2D eigenvalue weighted by atomic mass is 10.1. The predicted octanol–water partition coefficient (Wildman–Crippen LogP) is 3.54. The molecular weight excluding hydrogens is 266 g/mol. The van der Waals surface area contributed by atoms with Crippen LogP contribution in [0.4, 0.5) is 5.69 Å². The molecular formula is C16H15N3O2. The Morgan fingerprint density at radius 1 is 1.24 bits per heavy atom. The predicted molar refractivity (Wildman–Crippen MR) is 80.2 cm³/mol. The van der Waals surface area contributed by atoms with E-state index in [0.717, 1.165) is 22.7 Å². The quantitative estimate of drug-likeness (QED) is 0.771. The highest BCUT2D eigenvalue weighted by atomic mass is 16.3. The summed E-state index contributed by atoms with van der Waals surface area (Å²) < 4.78 is 5.38. The summed E-state index contributed by atoms with van der Waals surface area (Å²) in [5.41, 5.74) is 3.15. The van der Waals surface area contributed by atoms with E-state index in [2.05, 4.69) is 15.5 Å². The van der Waals surface area contributed by atoms with E-state index < -0.39 is 0 Å². The molecule has 1 aromatic carbocycles. The summed E-state index contributed by atoms with van der Waals surface area (Å²) >= 11 is 0. The van der Waals surface area contributed by atoms with Crippen molar-refractivity contribution < 1.29 is 9.21 Å². The zero-order chi connectivity index (χ0) is 14.8. The molecule has 0 radical (unpaired) electrons. The van der Waals surface area contributed by atoms with Crippen LogP contribution in [0.15, 0.2) is 47.0 Å². The lowest BCUT2D eigenvalue weighted by molar-refractivity contribution is 0.102. The average Bonchev–Trinajstić information content (AvgIpc) is 3.08. The number of aryl methyl sites for hydroxylation is 2. The van der Waals surface area contributed by atoms with Crippen LogP contribution in [0.25, 0.3) is 11.3 Å². The number of carbonyl (C=O) groups excluding carboxylic acids is 1. The first-order valence-corrected chi connectivity index (χ1v) is 6.61. The number of furan rings is 1. The van der Waals surface area contributed by atoms with Gasteiger partial charge in [0.2, 0.25) is 0 Å². The van der Waals surface area contributed by atoms with Gasteiger partial charge in [-0.3, -0.25) is 9.89 Å². The van der Waals surface area contributed by atoms with Gasteiger partial charge in [-0.15, -0.1) is 0 Å². The van der Waals surface area contributed by atoms with Crippen molar-refractivity contribution in [3.8, 4) is 11.3 Å². The van der Waals surface area contributed by atoms with E-state index in [1.165, 1.54) is 0 Å². The van der Waals surface area contributed by atoms with E-state index in [1.54, 1.807) is 19.2 Å². The van der Waals surface area contributed by atoms with E-state index in [1.807, 2.05) is 37.3 Å². The molecule has 5 nitrogen and oxygen atoms in total. The van der Waals surface area contributed by atoms with Gasteiger partial charge in [-0.05, 0) is 38.1 Å². The van der Waals surface area contributed by atoms with Crippen LogP contribution in [0.3, 0.4) is 0 Å². The Hall–Kier alpha value is -2.82. The van der Waals surface area contributed by atoms with Crippen molar-refractivity contribution >= 4 is 11.6 Å². The Morgan fingerprint density at radius 2 is 2.10 bits per heavy atom. The summed E-state index contributed by atoms with van der Waals surface area (Å²) in [5.74, 6) is 1.17. The maximum absolute atomic E-state index is 12.3. The molecule has 2 N–H and O–H groups in total. The number of nitrogens with zero attached hydrogens (tertiary/aromatic N) is 1. The summed E-state index contributed by atoms with van der Waals surface area (Å²) in [7, 11) is 0. The molecule has 0 aliphatic carbocycles. The Morgan fingerprint density at radius 3 is 2.76 bits per heavy atom. The summed E-state index contributed by atoms with van der Waals surface area (Å²) in [6.07, 6.45) is 1.69. The van der Waals surface area contributed by atoms with Crippen LogP contribution in [0.5, 0.6) is 0 Å². The van der Waals surface area contributed by atoms with Gasteiger partial charge in [0.25, 0.3) is 5.91 Å². The third-order valence-electron chi connectivity index (χ3n) is 3.22. The summed E-state index contributed by atoms with van der Waals surface area (Å²) in [5, 5.41) is 9.71. The largest absolute Gasteiger partial charge is 0.466 e. The second kappa shape index (κ2) is 5.28. The van der Waals surface area contributed by atoms with Gasteiger partial charge in [-0.25, -0.2) is 0 Å². The Bertz CT molecular complexity index is 773. The molecule has 0 spiro atoms. The first-order chi connectivity index (χ1) is 10.1. The van der Waals surface area contributed by atoms with E-state index in [-0.39, 0.29) is 5.91 Å². The van der Waals surface area contributed by atoms with Crippen molar-refractivity contribution in [2.75, 3.05) is 5.32 Å². The molecule has 0 aliphatic heterocycles. The molecule has 0 unspecified atom stereocenters. The number of anilines is 1. The number of hydrogen-bond donors (Lipinski definition) is 2. The molecule has 106 valence electrons. The minimum Gasteiger partial charge on any atom is -0.466 e. The third-order valence-corrected chi connectivity index (χ3v) is 3.22. The van der Waals surface area contributed by atoms with Crippen LogP contribution in [0, 0.1) is 13.8 Å². The van der Waals surface area contributed by atoms with Crippen LogP contribution in [0.2, 0.25) is 0 Å². The third kappa shape index (κ3) is 2.72. The molecule has 21 heavy (non-hydrogen) atoms. The Kier molecular flexibility index (Phi) is 3.31. The smallest absolute Gasteiger partial charge is 0.259 e. The number of rotatable bonds is 3. The maximum Gasteiger partial charge on any atom is 0.259 e. The zero-order valence-electron chi connectivity index (χ0n) is 11.8. The fourth-order valence-electron chi connectivity index (χ4n) is 2.24. The summed E-state index contributed by atoms with van der Waals surface area (Å²) in [6, 6.07) is 11.2. The topological polar surface area (TPSA) is 70.9 Å². The number of aromatic amines is 1. The fraction of sp³-hybridized carbons (Fsp3) is 0.125. The van der Waals surface area contributed by atoms with Crippen molar-refractivity contribution in [2.24, 2.45) is 0 Å². The molecule has 2 heterocycles. The standard InChI is InChI=1S/C16H15N3O2/c1-10-8-14(11(2)21-10)16(20)18-13-5-3-4-12(9-13)15-6-7-17-19-15/h3-9H,1-2H3,(H,17,19)(H,18,20). The SMILES string of the molecule is Cc1cc(C(=O)Nc2cccc(-c3ccn[nH]3)c2)c(C)o1. The van der Waals surface area contributed by atoms with Gasteiger partial charge < -0.3 is 9.73 Å². The first-order valence-electron chi connectivity index (χ1n) is 6.61. The second-order valence-corrected chi connectivity index (χ2v) is 4.83. The molecule has 0 bridgehead atoms. The van der Waals surface area contributed by atoms with Gasteiger partial charge in [-0.1, -0.05) is 12.1 Å². The molecule has 0 atom stereocenters. The Labute approximate surface area is 122 Å². The van der Waals surface area contributed by atoms with Crippen molar-refractivity contribution in [3.05, 3.63) is 59.7 Å². The minimum absolute atomic E-state index is 0.175. The number of amides is 1. The molecule has 5 heteroatoms. The van der Waals surface area contributed by atoms with Gasteiger partial charge in [0.15, 0.2) is 0 Å². The lowest BCUT2D eigenvalue weighted by Crippen LogP contribution is -2.12. The second-order valence-electron chi connectivity index (χ2n) is 4.83. The monoisotopic (exact) mass is 281 g/mol. The van der Waals surface area contributed by atoms with Crippen molar-refractivity contribution in [1.29, 1.82) is 0 Å². The first kappa shape index (κ1) is 13.2. The zero-order valence-corrected chi connectivity index (χ0v) is 11.8. The van der Waals surface area contributed by atoms with Gasteiger partial charge in [0.05, 0.1) is 11.3 Å². The molecule has 3 aromatic rings.